The molecule has 0 atom stereocenters. The summed E-state index contributed by atoms with van der Waals surface area (Å²) in [5.74, 6) is 5.54. The first-order valence-electron chi connectivity index (χ1n) is 27.4. The zero-order valence-corrected chi connectivity index (χ0v) is 48.9. The number of nitrogens with two attached hydrogens (primary N) is 1. The molecule has 0 saturated heterocycles. The van der Waals surface area contributed by atoms with Crippen LogP contribution in [0.3, 0.4) is 0 Å². The van der Waals surface area contributed by atoms with Crippen molar-refractivity contribution < 1.29 is 38.0 Å². The van der Waals surface area contributed by atoms with Crippen LogP contribution in [0.5, 0.6) is 34.5 Å². The van der Waals surface area contributed by atoms with Gasteiger partial charge < -0.3 is 39.5 Å². The van der Waals surface area contributed by atoms with Gasteiger partial charge in [-0.15, -0.1) is 0 Å². The summed E-state index contributed by atoms with van der Waals surface area (Å²) in [4.78, 5) is 43.3. The Hall–Kier alpha value is -7.80. The quantitative estimate of drug-likeness (QED) is 0.0583. The highest BCUT2D eigenvalue weighted by Gasteiger charge is 2.22. The molecule has 1 aromatic heterocycles. The Morgan fingerprint density at radius 1 is 0.557 bits per heavy atom. The SMILES string of the molecule is COc1cc(N)c(C(=O)c2ccc(C(C)C)cc2)cc1OC.COc1cc(NCC2CCCCC2)c(C(=O)c2ccc(C(C)C)cc2)cc1OC.COc1cc2c(-c3ccc(C(C)C)cc3)nc(=O)n(CC(C)C)c2cc1OC. The Bertz CT molecular complexity index is 3210. The minimum absolute atomic E-state index is 0.00703. The van der Waals surface area contributed by atoms with Crippen molar-refractivity contribution in [2.45, 2.75) is 112 Å². The first kappa shape index (κ1) is 60.4. The van der Waals surface area contributed by atoms with E-state index in [1.807, 2.05) is 78.9 Å². The van der Waals surface area contributed by atoms with Crippen LogP contribution in [0.25, 0.3) is 22.2 Å². The molecule has 1 aliphatic carbocycles. The van der Waals surface area contributed by atoms with Crippen LogP contribution in [-0.4, -0.2) is 70.3 Å². The zero-order valence-electron chi connectivity index (χ0n) is 48.9. The second-order valence-electron chi connectivity index (χ2n) is 21.4. The largest absolute Gasteiger partial charge is 0.493 e. The van der Waals surface area contributed by atoms with Crippen molar-refractivity contribution in [3.8, 4) is 45.8 Å². The summed E-state index contributed by atoms with van der Waals surface area (Å²) in [6, 6.07) is 34.4. The molecule has 0 radical (unpaired) electrons. The number of hydrogen-bond acceptors (Lipinski definition) is 12. The van der Waals surface area contributed by atoms with Crippen molar-refractivity contribution in [3.05, 3.63) is 159 Å². The molecule has 0 amide bonds. The van der Waals surface area contributed by atoms with E-state index >= 15 is 0 Å². The summed E-state index contributed by atoms with van der Waals surface area (Å²) < 4.78 is 34.0. The fourth-order valence-corrected chi connectivity index (χ4v) is 9.69. The fourth-order valence-electron chi connectivity index (χ4n) is 9.69. The number of benzene rings is 6. The first-order valence-corrected chi connectivity index (χ1v) is 27.4. The van der Waals surface area contributed by atoms with E-state index < -0.39 is 0 Å². The smallest absolute Gasteiger partial charge is 0.348 e. The molecule has 13 heteroatoms. The van der Waals surface area contributed by atoms with Crippen LogP contribution in [0, 0.1) is 11.8 Å². The third kappa shape index (κ3) is 15.1. The lowest BCUT2D eigenvalue weighted by atomic mass is 9.89. The zero-order chi connectivity index (χ0) is 57.5. The van der Waals surface area contributed by atoms with Gasteiger partial charge in [0, 0.05) is 75.9 Å². The highest BCUT2D eigenvalue weighted by atomic mass is 16.5. The van der Waals surface area contributed by atoms with Gasteiger partial charge in [0.05, 0.1) is 53.9 Å². The molecule has 7 aromatic rings. The lowest BCUT2D eigenvalue weighted by molar-refractivity contribution is 0.103. The highest BCUT2D eigenvalue weighted by molar-refractivity contribution is 6.13. The molecule has 420 valence electrons. The van der Waals surface area contributed by atoms with E-state index in [-0.39, 0.29) is 17.3 Å². The van der Waals surface area contributed by atoms with Crippen molar-refractivity contribution in [3.63, 3.8) is 0 Å². The minimum atomic E-state index is -0.253. The molecule has 8 rings (SSSR count). The molecule has 0 unspecified atom stereocenters. The van der Waals surface area contributed by atoms with Crippen molar-refractivity contribution in [2.75, 3.05) is 60.3 Å². The Labute approximate surface area is 467 Å². The predicted octanol–water partition coefficient (Wildman–Crippen LogP) is 14.6. The van der Waals surface area contributed by atoms with Crippen LogP contribution < -0.4 is 45.2 Å². The number of carbonyl (C=O) groups excluding carboxylic acids is 2. The molecule has 1 heterocycles. The van der Waals surface area contributed by atoms with Crippen LogP contribution in [-0.2, 0) is 6.54 Å². The number of ketones is 2. The summed E-state index contributed by atoms with van der Waals surface area (Å²) in [7, 11) is 9.48. The van der Waals surface area contributed by atoms with Gasteiger partial charge in [-0.3, -0.25) is 14.2 Å². The van der Waals surface area contributed by atoms with E-state index in [9.17, 15) is 14.4 Å². The van der Waals surface area contributed by atoms with Crippen LogP contribution in [0.15, 0.2) is 114 Å². The number of anilines is 2. The van der Waals surface area contributed by atoms with Gasteiger partial charge in [0.1, 0.15) is 0 Å². The monoisotopic (exact) mass is 1070 g/mol. The molecule has 13 nitrogen and oxygen atoms in total. The molecule has 0 spiro atoms. The number of aromatic nitrogens is 2. The van der Waals surface area contributed by atoms with Crippen molar-refractivity contribution in [2.24, 2.45) is 11.8 Å². The van der Waals surface area contributed by atoms with E-state index in [2.05, 4.69) is 77.8 Å². The molecule has 79 heavy (non-hydrogen) atoms. The molecular weight excluding hydrogens is 993 g/mol. The normalized spacial score (nSPS) is 12.4. The Balaban J connectivity index is 0.000000193. The molecule has 1 fully saturated rings. The first-order chi connectivity index (χ1) is 37.9. The van der Waals surface area contributed by atoms with Crippen molar-refractivity contribution in [1.29, 1.82) is 0 Å². The number of ether oxygens (including phenoxy) is 6. The molecule has 1 saturated carbocycles. The second-order valence-corrected chi connectivity index (χ2v) is 21.4. The lowest BCUT2D eigenvalue weighted by Crippen LogP contribution is -2.26. The summed E-state index contributed by atoms with van der Waals surface area (Å²) >= 11 is 0. The third-order valence-corrected chi connectivity index (χ3v) is 14.4. The molecular formula is C66H82N4O9. The van der Waals surface area contributed by atoms with Gasteiger partial charge >= 0.3 is 5.69 Å². The number of nitrogens with zero attached hydrogens (tertiary/aromatic N) is 2. The number of hydrogen-bond donors (Lipinski definition) is 2. The number of rotatable bonds is 19. The van der Waals surface area contributed by atoms with Gasteiger partial charge in [-0.1, -0.05) is 147 Å². The average molecular weight is 1080 g/mol. The van der Waals surface area contributed by atoms with E-state index in [1.54, 1.807) is 51.2 Å². The molecule has 3 N–H and O–H groups in total. The van der Waals surface area contributed by atoms with Crippen LogP contribution in [0.2, 0.25) is 0 Å². The topological polar surface area (TPSA) is 162 Å². The van der Waals surface area contributed by atoms with E-state index in [0.717, 1.165) is 28.7 Å². The van der Waals surface area contributed by atoms with Crippen molar-refractivity contribution in [1.82, 2.24) is 9.55 Å². The number of nitrogens with one attached hydrogen (secondary N) is 1. The number of fused-ring (bicyclic) bond motifs is 1. The maximum atomic E-state index is 13.3. The number of methoxy groups -OCH3 is 6. The summed E-state index contributed by atoms with van der Waals surface area (Å²) in [5, 5.41) is 4.40. The molecule has 0 bridgehead atoms. The predicted molar refractivity (Wildman–Crippen MR) is 320 cm³/mol. The van der Waals surface area contributed by atoms with Gasteiger partial charge in [0.2, 0.25) is 0 Å². The van der Waals surface area contributed by atoms with Gasteiger partial charge in [-0.2, -0.15) is 4.98 Å². The van der Waals surface area contributed by atoms with Gasteiger partial charge in [0.15, 0.2) is 46.1 Å². The highest BCUT2D eigenvalue weighted by Crippen LogP contribution is 2.38. The lowest BCUT2D eigenvalue weighted by Gasteiger charge is -2.23. The van der Waals surface area contributed by atoms with E-state index in [0.29, 0.717) is 104 Å². The standard InChI is InChI=1S/C25H33NO3.C23H28N2O3.C18H21NO3/c1-17(2)19-10-12-20(13-11-19)25(27)21-14-23(28-3)24(29-4)15-22(21)26-16-18-8-6-5-7-9-18;1-14(2)13-25-19-12-21(28-6)20(27-5)11-18(19)22(24-23(25)26)17-9-7-16(8-10-17)15(3)4;1-11(2)12-5-7-13(8-6-12)18(20)14-9-16(21-3)17(22-4)10-15(14)19/h10-15,17-18,26H,5-9,16H2,1-4H3;7-12,14-15H,13H2,1-6H3;5-11H,19H2,1-4H3. The summed E-state index contributed by atoms with van der Waals surface area (Å²) in [5.41, 5.74) is 15.3. The van der Waals surface area contributed by atoms with Gasteiger partial charge in [0.25, 0.3) is 0 Å². The van der Waals surface area contributed by atoms with Crippen LogP contribution >= 0.6 is 0 Å². The molecule has 6 aromatic carbocycles. The molecule has 1 aliphatic rings. The molecule has 0 aliphatic heterocycles. The van der Waals surface area contributed by atoms with Crippen LogP contribution in [0.4, 0.5) is 11.4 Å². The number of nitrogen functional groups attached to an aromatic ring is 1. The fraction of sp³-hybridized carbons (Fsp3) is 0.394. The summed E-state index contributed by atoms with van der Waals surface area (Å²) in [6.45, 7) is 18.5. The second kappa shape index (κ2) is 28.2. The van der Waals surface area contributed by atoms with Crippen LogP contribution in [0.1, 0.15) is 154 Å². The Morgan fingerprint density at radius 2 is 0.975 bits per heavy atom. The maximum absolute atomic E-state index is 13.3. The average Bonchev–Trinajstić information content (AvgIpc) is 3.58. The Kier molecular flexibility index (Phi) is 21.6. The minimum Gasteiger partial charge on any atom is -0.493 e. The Morgan fingerprint density at radius 3 is 1.44 bits per heavy atom. The van der Waals surface area contributed by atoms with Crippen molar-refractivity contribution >= 4 is 33.8 Å². The van der Waals surface area contributed by atoms with E-state index in [4.69, 9.17) is 34.2 Å². The summed E-state index contributed by atoms with van der Waals surface area (Å²) in [6.07, 6.45) is 6.43. The van der Waals surface area contributed by atoms with Gasteiger partial charge in [-0.05, 0) is 77.3 Å². The van der Waals surface area contributed by atoms with Gasteiger partial charge in [-0.25, -0.2) is 4.79 Å². The maximum Gasteiger partial charge on any atom is 0.348 e. The number of carbonyl (C=O) groups is 2. The third-order valence-electron chi connectivity index (χ3n) is 14.4. The van der Waals surface area contributed by atoms with E-state index in [1.165, 1.54) is 63.0 Å².